The van der Waals surface area contributed by atoms with Gasteiger partial charge in [-0.2, -0.15) is 0 Å². The van der Waals surface area contributed by atoms with Crippen molar-refractivity contribution in [2.24, 2.45) is 0 Å². The van der Waals surface area contributed by atoms with E-state index >= 15 is 0 Å². The molecule has 1 heteroatoms. The molecule has 0 radical (unpaired) electrons. The van der Waals surface area contributed by atoms with E-state index in [2.05, 4.69) is 23.7 Å². The predicted molar refractivity (Wildman–Crippen MR) is 39.2 cm³/mol. The highest BCUT2D eigenvalue weighted by molar-refractivity contribution is 6.13. The van der Waals surface area contributed by atoms with Gasteiger partial charge in [0, 0.05) is 0 Å². The Labute approximate surface area is 53.4 Å². The summed E-state index contributed by atoms with van der Waals surface area (Å²) in [6.45, 7) is 3.66. The third-order valence-electron chi connectivity index (χ3n) is 0.506. The Morgan fingerprint density at radius 3 is 2.88 bits per heavy atom. The molecule has 0 aromatic carbocycles. The molecule has 0 saturated heterocycles. The molecular weight excluding hydrogens is 94.9 g/mol. The topological polar surface area (TPSA) is 0 Å². The normalized spacial score (nSPS) is 11.0. The Balaban J connectivity index is 3.67. The van der Waals surface area contributed by atoms with Crippen LogP contribution in [0.15, 0.2) is 0 Å². The lowest BCUT2D eigenvalue weighted by Crippen LogP contribution is -1.74. The van der Waals surface area contributed by atoms with Crippen LogP contribution >= 0.6 is 0 Å². The van der Waals surface area contributed by atoms with Gasteiger partial charge in [0.05, 0.1) is 0 Å². The first-order chi connectivity index (χ1) is 4.31. The lowest BCUT2D eigenvalue weighted by molar-refractivity contribution is 1.26. The van der Waals surface area contributed by atoms with Gasteiger partial charge in [0.25, 0.3) is 0 Å². The zero-order valence-electron chi connectivity index (χ0n) is 6.28. The van der Waals surface area contributed by atoms with Crippen LogP contribution < -0.4 is 0 Å². The van der Waals surface area contributed by atoms with E-state index < -0.39 is 0 Å². The molecule has 0 aromatic rings. The van der Waals surface area contributed by atoms with Gasteiger partial charge >= 0.3 is 0 Å². The Kier molecular flexibility index (Phi) is 2.89. The van der Waals surface area contributed by atoms with Gasteiger partial charge in [-0.3, -0.25) is 0 Å². The van der Waals surface area contributed by atoms with E-state index in [9.17, 15) is 0 Å². The van der Waals surface area contributed by atoms with Gasteiger partial charge in [-0.25, -0.2) is 0 Å². The van der Waals surface area contributed by atoms with Crippen LogP contribution in [-0.2, 0) is 0 Å². The summed E-state index contributed by atoms with van der Waals surface area (Å²) in [6, 6.07) is 0. The molecule has 0 amide bonds. The molecule has 0 aliphatic rings. The predicted octanol–water partition coefficient (Wildman–Crippen LogP) is 0.455. The maximum absolute atomic E-state index is 6.89. The fourth-order valence-electron chi connectivity index (χ4n) is 0.222. The first-order valence-corrected chi connectivity index (χ1v) is 2.52. The average Bonchev–Trinajstić information content (AvgIpc) is 1.89. The quantitative estimate of drug-likeness (QED) is 0.336. The molecule has 0 bridgehead atoms. The summed E-state index contributed by atoms with van der Waals surface area (Å²) in [4.78, 5) is 0. The largest absolute Gasteiger partial charge is 0.120 e. The van der Waals surface area contributed by atoms with Crippen molar-refractivity contribution in [2.75, 3.05) is 0 Å². The van der Waals surface area contributed by atoms with Crippen molar-refractivity contribution in [1.82, 2.24) is 0 Å². The van der Waals surface area contributed by atoms with Gasteiger partial charge in [-0.05, 0) is 25.9 Å². The lowest BCUT2D eigenvalue weighted by atomic mass is 9.91. The summed E-state index contributed by atoms with van der Waals surface area (Å²) in [5, 5.41) is 0. The molecule has 1 atom stereocenters. The van der Waals surface area contributed by atoms with Crippen molar-refractivity contribution >= 4 is 7.81 Å². The molecule has 0 aliphatic carbocycles. The lowest BCUT2D eigenvalue weighted by Gasteiger charge is -1.81. The fraction of sp³-hybridized carbons (Fsp3) is 0.429. The molecule has 0 rings (SSSR count). The van der Waals surface area contributed by atoms with Crippen molar-refractivity contribution in [3.8, 4) is 23.7 Å². The summed E-state index contributed by atoms with van der Waals surface area (Å²) < 4.78 is 6.89. The molecule has 0 nitrogen and oxygen atoms in total. The van der Waals surface area contributed by atoms with Crippen molar-refractivity contribution in [3.05, 3.63) is 0 Å². The van der Waals surface area contributed by atoms with Gasteiger partial charge in [-0.15, -0.1) is 0 Å². The van der Waals surface area contributed by atoms with E-state index in [1.165, 1.54) is 0 Å². The summed E-state index contributed by atoms with van der Waals surface area (Å²) in [5.74, 6) is 10.9. The minimum Gasteiger partial charge on any atom is -0.0949 e. The second-order valence-electron chi connectivity index (χ2n) is 1.55. The molecule has 0 aromatic heterocycles. The van der Waals surface area contributed by atoms with E-state index in [-0.39, 0.29) is 5.82 Å². The minimum absolute atomic E-state index is 0.158. The second kappa shape index (κ2) is 4.35. The van der Waals surface area contributed by atoms with Crippen molar-refractivity contribution in [3.63, 3.8) is 0 Å². The first kappa shape index (κ1) is 5.32. The summed E-state index contributed by atoms with van der Waals surface area (Å²) in [6.07, 6.45) is 0. The van der Waals surface area contributed by atoms with Crippen LogP contribution in [0.2, 0.25) is 5.82 Å². The standard InChI is InChI=1S/C7H9B/c1-3-4-5-6-7(2)8/h7H,8H2,1-2H3/i8T. The van der Waals surface area contributed by atoms with E-state index in [4.69, 9.17) is 1.34 Å². The van der Waals surface area contributed by atoms with Crippen LogP contribution in [0.25, 0.3) is 0 Å². The fourth-order valence-corrected chi connectivity index (χ4v) is 0.222. The van der Waals surface area contributed by atoms with Crippen molar-refractivity contribution in [1.29, 1.82) is 1.34 Å². The molecule has 0 spiro atoms. The molecule has 8 heavy (non-hydrogen) atoms. The minimum atomic E-state index is 0.158. The summed E-state index contributed by atoms with van der Waals surface area (Å²) >= 11 is 0. The van der Waals surface area contributed by atoms with Crippen LogP contribution in [0, 0.1) is 23.7 Å². The number of hydrogen-bond donors (Lipinski definition) is 0. The average molecular weight is 106 g/mol. The smallest absolute Gasteiger partial charge is 0.0949 e. The SMILES string of the molecule is [3H]BC(C)C#CC#CC. The van der Waals surface area contributed by atoms with Gasteiger partial charge in [0.1, 0.15) is 7.81 Å². The van der Waals surface area contributed by atoms with Crippen molar-refractivity contribution < 1.29 is 0 Å². The maximum Gasteiger partial charge on any atom is 0.120 e. The van der Waals surface area contributed by atoms with E-state index in [0.29, 0.717) is 7.81 Å². The Morgan fingerprint density at radius 1 is 1.62 bits per heavy atom. The van der Waals surface area contributed by atoms with Crippen LogP contribution in [-0.4, -0.2) is 9.15 Å². The van der Waals surface area contributed by atoms with Gasteiger partial charge in [-0.1, -0.05) is 18.8 Å². The molecular formula is C7H9B. The Hall–Kier alpha value is -0.815. The Bertz CT molecular complexity index is 177. The molecule has 0 fully saturated rings. The van der Waals surface area contributed by atoms with E-state index in [0.717, 1.165) is 0 Å². The maximum atomic E-state index is 6.89. The first-order valence-electron chi connectivity index (χ1n) is 3.23. The van der Waals surface area contributed by atoms with Crippen molar-refractivity contribution in [2.45, 2.75) is 19.7 Å². The van der Waals surface area contributed by atoms with Gasteiger partial charge in [0.15, 0.2) is 0 Å². The number of rotatable bonds is 1. The van der Waals surface area contributed by atoms with E-state index in [1.54, 1.807) is 6.92 Å². The second-order valence-corrected chi connectivity index (χ2v) is 1.55. The number of hydrogen-bond acceptors (Lipinski definition) is 0. The Morgan fingerprint density at radius 2 is 2.38 bits per heavy atom. The van der Waals surface area contributed by atoms with Gasteiger partial charge < -0.3 is 0 Å². The third kappa shape index (κ3) is 5.18. The molecule has 0 heterocycles. The molecule has 40 valence electrons. The van der Waals surface area contributed by atoms with Crippen LogP contribution in [0.3, 0.4) is 0 Å². The highest BCUT2D eigenvalue weighted by Crippen LogP contribution is 1.87. The molecule has 1 unspecified atom stereocenters. The van der Waals surface area contributed by atoms with Gasteiger partial charge in [0.2, 0.25) is 0 Å². The zero-order valence-corrected chi connectivity index (χ0v) is 5.28. The summed E-state index contributed by atoms with van der Waals surface area (Å²) in [7, 11) is 0.360. The summed E-state index contributed by atoms with van der Waals surface area (Å²) in [5.41, 5.74) is 0. The highest BCUT2D eigenvalue weighted by Gasteiger charge is 1.78. The molecule has 0 N–H and O–H groups in total. The molecule has 0 aliphatic heterocycles. The van der Waals surface area contributed by atoms with Crippen LogP contribution in [0.5, 0.6) is 0 Å². The highest BCUT2D eigenvalue weighted by atomic mass is 13.7. The molecule has 0 saturated carbocycles. The monoisotopic (exact) mass is 106 g/mol. The van der Waals surface area contributed by atoms with Crippen LogP contribution in [0.1, 0.15) is 13.8 Å². The van der Waals surface area contributed by atoms with E-state index in [1.807, 2.05) is 6.92 Å². The zero-order chi connectivity index (χ0) is 7.11. The van der Waals surface area contributed by atoms with Crippen LogP contribution in [0.4, 0.5) is 0 Å². The third-order valence-corrected chi connectivity index (χ3v) is 0.506.